The van der Waals surface area contributed by atoms with Crippen molar-refractivity contribution >= 4 is 28.6 Å². The third-order valence-electron chi connectivity index (χ3n) is 3.86. The maximum absolute atomic E-state index is 12.2. The van der Waals surface area contributed by atoms with Gasteiger partial charge in [0.2, 0.25) is 18.2 Å². The molecule has 4 aromatic rings. The minimum Gasteiger partial charge on any atom is -0.423 e. The van der Waals surface area contributed by atoms with E-state index < -0.39 is 0 Å². The standard InChI is InChI=1S/C20H14N4O2/c25-19(10-7-14-11-12-21-18-4-2-1-3-17(14)18)23-16-8-5-15(6-9-16)20-24-22-13-26-20/h1-13H,(H,23,25)/b10-7+. The fourth-order valence-corrected chi connectivity index (χ4v) is 2.61. The first kappa shape index (κ1) is 15.7. The second-order valence-corrected chi connectivity index (χ2v) is 5.56. The molecule has 0 saturated heterocycles. The Balaban J connectivity index is 1.47. The van der Waals surface area contributed by atoms with Crippen LogP contribution < -0.4 is 5.32 Å². The Labute approximate surface area is 149 Å². The largest absolute Gasteiger partial charge is 0.423 e. The van der Waals surface area contributed by atoms with Gasteiger partial charge in [0.15, 0.2) is 0 Å². The number of pyridine rings is 1. The smallest absolute Gasteiger partial charge is 0.248 e. The Hall–Kier alpha value is -3.80. The Morgan fingerprint density at radius 3 is 2.69 bits per heavy atom. The number of benzene rings is 2. The number of amides is 1. The first-order valence-corrected chi connectivity index (χ1v) is 7.99. The van der Waals surface area contributed by atoms with Gasteiger partial charge in [-0.15, -0.1) is 10.2 Å². The summed E-state index contributed by atoms with van der Waals surface area (Å²) in [7, 11) is 0. The monoisotopic (exact) mass is 342 g/mol. The van der Waals surface area contributed by atoms with Crippen molar-refractivity contribution in [3.63, 3.8) is 0 Å². The van der Waals surface area contributed by atoms with Crippen molar-refractivity contribution in [1.29, 1.82) is 0 Å². The summed E-state index contributed by atoms with van der Waals surface area (Å²) in [6.07, 6.45) is 6.30. The van der Waals surface area contributed by atoms with Gasteiger partial charge in [-0.25, -0.2) is 0 Å². The number of fused-ring (bicyclic) bond motifs is 1. The van der Waals surface area contributed by atoms with E-state index >= 15 is 0 Å². The summed E-state index contributed by atoms with van der Waals surface area (Å²) in [6.45, 7) is 0. The van der Waals surface area contributed by atoms with E-state index in [9.17, 15) is 4.79 Å². The van der Waals surface area contributed by atoms with Crippen molar-refractivity contribution in [2.45, 2.75) is 0 Å². The summed E-state index contributed by atoms with van der Waals surface area (Å²) < 4.78 is 5.14. The lowest BCUT2D eigenvalue weighted by Crippen LogP contribution is -2.07. The molecule has 2 aromatic heterocycles. The van der Waals surface area contributed by atoms with Gasteiger partial charge < -0.3 is 9.73 Å². The third kappa shape index (κ3) is 3.34. The van der Waals surface area contributed by atoms with Gasteiger partial charge in [-0.3, -0.25) is 9.78 Å². The van der Waals surface area contributed by atoms with E-state index in [1.807, 2.05) is 42.5 Å². The SMILES string of the molecule is O=C(/C=C/c1ccnc2ccccc12)Nc1ccc(-c2nnco2)cc1. The average molecular weight is 342 g/mol. The summed E-state index contributed by atoms with van der Waals surface area (Å²) in [5.41, 5.74) is 3.31. The highest BCUT2D eigenvalue weighted by atomic mass is 16.4. The maximum Gasteiger partial charge on any atom is 0.248 e. The predicted molar refractivity (Wildman–Crippen MR) is 99.1 cm³/mol. The van der Waals surface area contributed by atoms with E-state index in [0.29, 0.717) is 11.6 Å². The molecule has 0 spiro atoms. The van der Waals surface area contributed by atoms with Gasteiger partial charge in [0, 0.05) is 28.9 Å². The molecule has 1 amide bonds. The van der Waals surface area contributed by atoms with Crippen LogP contribution in [0.4, 0.5) is 5.69 Å². The van der Waals surface area contributed by atoms with E-state index in [4.69, 9.17) is 4.42 Å². The van der Waals surface area contributed by atoms with Crippen LogP contribution in [-0.4, -0.2) is 21.1 Å². The molecule has 6 nitrogen and oxygen atoms in total. The number of para-hydroxylation sites is 1. The van der Waals surface area contributed by atoms with Gasteiger partial charge in [-0.1, -0.05) is 18.2 Å². The summed E-state index contributed by atoms with van der Waals surface area (Å²) in [4.78, 5) is 16.5. The lowest BCUT2D eigenvalue weighted by Gasteiger charge is -2.03. The van der Waals surface area contributed by atoms with Crippen LogP contribution in [0.2, 0.25) is 0 Å². The van der Waals surface area contributed by atoms with Crippen LogP contribution in [0.25, 0.3) is 28.4 Å². The molecular formula is C20H14N4O2. The highest BCUT2D eigenvalue weighted by Crippen LogP contribution is 2.19. The molecule has 0 aliphatic heterocycles. The van der Waals surface area contributed by atoms with Gasteiger partial charge in [-0.2, -0.15) is 0 Å². The van der Waals surface area contributed by atoms with E-state index in [2.05, 4.69) is 20.5 Å². The van der Waals surface area contributed by atoms with Crippen LogP contribution in [0.1, 0.15) is 5.56 Å². The van der Waals surface area contributed by atoms with Crippen LogP contribution >= 0.6 is 0 Å². The lowest BCUT2D eigenvalue weighted by atomic mass is 10.1. The Morgan fingerprint density at radius 2 is 1.88 bits per heavy atom. The van der Waals surface area contributed by atoms with Crippen LogP contribution in [0, 0.1) is 0 Å². The summed E-state index contributed by atoms with van der Waals surface area (Å²) in [5, 5.41) is 11.3. The molecule has 1 N–H and O–H groups in total. The highest BCUT2D eigenvalue weighted by molar-refractivity contribution is 6.03. The highest BCUT2D eigenvalue weighted by Gasteiger charge is 2.04. The second kappa shape index (κ2) is 6.98. The van der Waals surface area contributed by atoms with Crippen LogP contribution in [-0.2, 0) is 4.79 Å². The number of nitrogens with zero attached hydrogens (tertiary/aromatic N) is 3. The molecule has 0 unspecified atom stereocenters. The topological polar surface area (TPSA) is 80.9 Å². The molecule has 0 saturated carbocycles. The molecule has 0 radical (unpaired) electrons. The van der Waals surface area contributed by atoms with E-state index in [1.54, 1.807) is 24.4 Å². The molecule has 0 bridgehead atoms. The molecule has 2 heterocycles. The van der Waals surface area contributed by atoms with Gasteiger partial charge >= 0.3 is 0 Å². The zero-order chi connectivity index (χ0) is 17.8. The molecule has 0 atom stereocenters. The second-order valence-electron chi connectivity index (χ2n) is 5.56. The van der Waals surface area contributed by atoms with Crippen molar-refractivity contribution in [1.82, 2.24) is 15.2 Å². The number of nitrogens with one attached hydrogen (secondary N) is 1. The van der Waals surface area contributed by atoms with Crippen LogP contribution in [0.15, 0.2) is 77.7 Å². The number of anilines is 1. The molecule has 26 heavy (non-hydrogen) atoms. The Morgan fingerprint density at radius 1 is 1.04 bits per heavy atom. The number of carbonyl (C=O) groups is 1. The number of rotatable bonds is 4. The fraction of sp³-hybridized carbons (Fsp3) is 0. The minimum atomic E-state index is -0.212. The van der Waals surface area contributed by atoms with Gasteiger partial charge in [-0.05, 0) is 48.0 Å². The molecule has 6 heteroatoms. The summed E-state index contributed by atoms with van der Waals surface area (Å²) >= 11 is 0. The minimum absolute atomic E-state index is 0.212. The molecule has 126 valence electrons. The Bertz CT molecular complexity index is 1070. The van der Waals surface area contributed by atoms with Gasteiger partial charge in [0.25, 0.3) is 0 Å². The predicted octanol–water partition coefficient (Wildman–Crippen LogP) is 3.94. The third-order valence-corrected chi connectivity index (χ3v) is 3.86. The van der Waals surface area contributed by atoms with Crippen molar-refractivity contribution in [2.24, 2.45) is 0 Å². The van der Waals surface area contributed by atoms with E-state index in [0.717, 1.165) is 22.0 Å². The quantitative estimate of drug-likeness (QED) is 0.568. The number of aromatic nitrogens is 3. The first-order chi connectivity index (χ1) is 12.8. The normalized spacial score (nSPS) is 11.1. The van der Waals surface area contributed by atoms with E-state index in [-0.39, 0.29) is 5.91 Å². The van der Waals surface area contributed by atoms with Crippen LogP contribution in [0.3, 0.4) is 0 Å². The number of hydrogen-bond donors (Lipinski definition) is 1. The van der Waals surface area contributed by atoms with Crippen LogP contribution in [0.5, 0.6) is 0 Å². The Kier molecular flexibility index (Phi) is 4.22. The molecule has 4 rings (SSSR count). The number of hydrogen-bond acceptors (Lipinski definition) is 5. The maximum atomic E-state index is 12.2. The fourth-order valence-electron chi connectivity index (χ4n) is 2.61. The van der Waals surface area contributed by atoms with Crippen molar-refractivity contribution < 1.29 is 9.21 Å². The lowest BCUT2D eigenvalue weighted by molar-refractivity contribution is -0.111. The van der Waals surface area contributed by atoms with Gasteiger partial charge in [0.05, 0.1) is 5.52 Å². The summed E-state index contributed by atoms with van der Waals surface area (Å²) in [5.74, 6) is 0.226. The molecule has 0 aliphatic rings. The molecule has 0 aliphatic carbocycles. The average Bonchev–Trinajstić information content (AvgIpc) is 3.22. The number of carbonyl (C=O) groups excluding carboxylic acids is 1. The van der Waals surface area contributed by atoms with Crippen molar-refractivity contribution in [2.75, 3.05) is 5.32 Å². The van der Waals surface area contributed by atoms with Crippen molar-refractivity contribution in [3.8, 4) is 11.5 Å². The van der Waals surface area contributed by atoms with Gasteiger partial charge in [0.1, 0.15) is 0 Å². The zero-order valence-corrected chi connectivity index (χ0v) is 13.7. The van der Waals surface area contributed by atoms with E-state index in [1.165, 1.54) is 12.5 Å². The summed E-state index contributed by atoms with van der Waals surface area (Å²) in [6, 6.07) is 16.9. The van der Waals surface area contributed by atoms with Crippen molar-refractivity contribution in [3.05, 3.63) is 78.8 Å². The molecular weight excluding hydrogens is 328 g/mol. The zero-order valence-electron chi connectivity index (χ0n) is 13.7. The molecule has 2 aromatic carbocycles. The first-order valence-electron chi connectivity index (χ1n) is 7.99. The molecule has 0 fully saturated rings.